The minimum Gasteiger partial charge on any atom is -0.340 e. The number of fused-ring (bicyclic) bond motifs is 2. The van der Waals surface area contributed by atoms with Crippen LogP contribution in [0.3, 0.4) is 0 Å². The molecule has 0 amide bonds. The van der Waals surface area contributed by atoms with Crippen LogP contribution in [0.4, 0.5) is 11.5 Å². The Balaban J connectivity index is 1.49. The molecule has 0 aliphatic heterocycles. The molecule has 4 aromatic heterocycles. The lowest BCUT2D eigenvalue weighted by Gasteiger charge is -2.12. The van der Waals surface area contributed by atoms with Crippen LogP contribution >= 0.6 is 11.3 Å². The summed E-state index contributed by atoms with van der Waals surface area (Å²) in [6.07, 6.45) is 7.64. The fourth-order valence-electron chi connectivity index (χ4n) is 3.68. The summed E-state index contributed by atoms with van der Waals surface area (Å²) < 4.78 is 1.15. The molecule has 5 aromatic rings. The summed E-state index contributed by atoms with van der Waals surface area (Å²) in [5.74, 6) is 1.24. The quantitative estimate of drug-likeness (QED) is 0.396. The van der Waals surface area contributed by atoms with Crippen LogP contribution < -0.4 is 5.32 Å². The third kappa shape index (κ3) is 3.27. The van der Waals surface area contributed by atoms with Gasteiger partial charge in [-0.3, -0.25) is 9.97 Å². The van der Waals surface area contributed by atoms with Crippen molar-refractivity contribution in [2.45, 2.75) is 18.8 Å². The van der Waals surface area contributed by atoms with Crippen molar-refractivity contribution in [1.29, 1.82) is 5.26 Å². The van der Waals surface area contributed by atoms with Crippen LogP contribution in [0, 0.1) is 11.3 Å². The first-order valence-electron chi connectivity index (χ1n) is 10.1. The molecule has 0 atom stereocenters. The number of hydrogen-bond donors (Lipinski definition) is 1. The summed E-state index contributed by atoms with van der Waals surface area (Å²) in [7, 11) is 0. The van der Waals surface area contributed by atoms with Crippen molar-refractivity contribution in [1.82, 2.24) is 19.9 Å². The van der Waals surface area contributed by atoms with Gasteiger partial charge in [0.25, 0.3) is 0 Å². The van der Waals surface area contributed by atoms with Gasteiger partial charge in [-0.1, -0.05) is 0 Å². The van der Waals surface area contributed by atoms with Gasteiger partial charge in [-0.25, -0.2) is 9.97 Å². The zero-order valence-electron chi connectivity index (χ0n) is 16.4. The molecule has 6 nitrogen and oxygen atoms in total. The number of aromatic nitrogens is 4. The third-order valence-corrected chi connectivity index (χ3v) is 6.58. The Kier molecular flexibility index (Phi) is 4.11. The van der Waals surface area contributed by atoms with E-state index in [0.717, 1.165) is 27.2 Å². The zero-order chi connectivity index (χ0) is 20.8. The fraction of sp³-hybridized carbons (Fsp3) is 0.125. The monoisotopic (exact) mass is 420 g/mol. The van der Waals surface area contributed by atoms with E-state index in [2.05, 4.69) is 27.4 Å². The van der Waals surface area contributed by atoms with Gasteiger partial charge in [-0.15, -0.1) is 11.3 Å². The van der Waals surface area contributed by atoms with Crippen LogP contribution in [0.15, 0.2) is 61.1 Å². The van der Waals surface area contributed by atoms with Crippen molar-refractivity contribution in [2.24, 2.45) is 0 Å². The second-order valence-electron chi connectivity index (χ2n) is 7.60. The summed E-state index contributed by atoms with van der Waals surface area (Å²) in [4.78, 5) is 18.3. The predicted octanol–water partition coefficient (Wildman–Crippen LogP) is 5.79. The minimum absolute atomic E-state index is 0.535. The van der Waals surface area contributed by atoms with Crippen molar-refractivity contribution in [3.63, 3.8) is 0 Å². The van der Waals surface area contributed by atoms with Gasteiger partial charge in [0, 0.05) is 35.8 Å². The molecule has 0 spiro atoms. The SMILES string of the molecule is N#Cc1ccnc2cc(-c3cccnc3)nc(Nc3ccc4nc(C5CC5)sc4c3)c12. The average Bonchev–Trinajstić information content (AvgIpc) is 3.58. The number of benzene rings is 1. The summed E-state index contributed by atoms with van der Waals surface area (Å²) in [6, 6.07) is 15.9. The van der Waals surface area contributed by atoms with Crippen LogP contribution in [0.2, 0.25) is 0 Å². The average molecular weight is 421 g/mol. The lowest BCUT2D eigenvalue weighted by atomic mass is 10.1. The Bertz CT molecular complexity index is 1480. The van der Waals surface area contributed by atoms with E-state index in [1.54, 1.807) is 36.0 Å². The molecule has 1 aliphatic carbocycles. The molecular formula is C24H16N6S. The van der Waals surface area contributed by atoms with Gasteiger partial charge in [-0.05, 0) is 55.3 Å². The zero-order valence-corrected chi connectivity index (χ0v) is 17.2. The van der Waals surface area contributed by atoms with Gasteiger partial charge in [0.2, 0.25) is 0 Å². The highest BCUT2D eigenvalue weighted by Gasteiger charge is 2.27. The molecule has 1 aromatic carbocycles. The third-order valence-electron chi connectivity index (χ3n) is 5.39. The Morgan fingerprint density at radius 1 is 1.03 bits per heavy atom. The molecule has 148 valence electrons. The number of nitrogens with one attached hydrogen (secondary N) is 1. The van der Waals surface area contributed by atoms with Gasteiger partial charge in [0.15, 0.2) is 0 Å². The molecule has 1 fully saturated rings. The van der Waals surface area contributed by atoms with E-state index in [9.17, 15) is 5.26 Å². The summed E-state index contributed by atoms with van der Waals surface area (Å²) in [6.45, 7) is 0. The van der Waals surface area contributed by atoms with Crippen molar-refractivity contribution < 1.29 is 0 Å². The highest BCUT2D eigenvalue weighted by atomic mass is 32.1. The number of rotatable bonds is 4. The topological polar surface area (TPSA) is 87.4 Å². The standard InChI is InChI=1S/C24H16N6S/c25-12-15-7-9-27-20-11-19(16-2-1-8-26-13-16)29-23(22(15)20)28-17-5-6-18-21(10-17)31-24(30-18)14-3-4-14/h1-2,5-11,13-14H,3-4H2,(H,28,29). The summed E-state index contributed by atoms with van der Waals surface area (Å²) in [5, 5.41) is 15.0. The van der Waals surface area contributed by atoms with Crippen LogP contribution in [-0.4, -0.2) is 19.9 Å². The number of hydrogen-bond acceptors (Lipinski definition) is 7. The predicted molar refractivity (Wildman–Crippen MR) is 122 cm³/mol. The first-order valence-corrected chi connectivity index (χ1v) is 10.9. The Morgan fingerprint density at radius 3 is 2.77 bits per heavy atom. The van der Waals surface area contributed by atoms with Crippen LogP contribution in [0.1, 0.15) is 29.3 Å². The first-order chi connectivity index (χ1) is 15.3. The van der Waals surface area contributed by atoms with E-state index >= 15 is 0 Å². The van der Waals surface area contributed by atoms with Crippen LogP contribution in [-0.2, 0) is 0 Å². The van der Waals surface area contributed by atoms with E-state index in [1.165, 1.54) is 17.8 Å². The lowest BCUT2D eigenvalue weighted by Crippen LogP contribution is -1.99. The highest BCUT2D eigenvalue weighted by Crippen LogP contribution is 2.43. The molecule has 4 heterocycles. The van der Waals surface area contributed by atoms with Crippen LogP contribution in [0.25, 0.3) is 32.4 Å². The van der Waals surface area contributed by atoms with Gasteiger partial charge >= 0.3 is 0 Å². The van der Waals surface area contributed by atoms with Crippen molar-refractivity contribution >= 4 is 44.0 Å². The molecular weight excluding hydrogens is 404 g/mol. The smallest absolute Gasteiger partial charge is 0.141 e. The Hall–Kier alpha value is -3.89. The molecule has 0 radical (unpaired) electrons. The van der Waals surface area contributed by atoms with E-state index in [4.69, 9.17) is 9.97 Å². The number of pyridine rings is 3. The van der Waals surface area contributed by atoms with Gasteiger partial charge < -0.3 is 5.32 Å². The molecule has 0 bridgehead atoms. The molecule has 0 saturated heterocycles. The lowest BCUT2D eigenvalue weighted by molar-refractivity contribution is 1.10. The Labute approximate surface area is 182 Å². The maximum absolute atomic E-state index is 9.66. The normalized spacial score (nSPS) is 13.4. The van der Waals surface area contributed by atoms with E-state index < -0.39 is 0 Å². The fourth-order valence-corrected chi connectivity index (χ4v) is 4.86. The highest BCUT2D eigenvalue weighted by molar-refractivity contribution is 7.18. The molecule has 31 heavy (non-hydrogen) atoms. The first kappa shape index (κ1) is 17.9. The largest absolute Gasteiger partial charge is 0.340 e. The van der Waals surface area contributed by atoms with Crippen LogP contribution in [0.5, 0.6) is 0 Å². The Morgan fingerprint density at radius 2 is 1.97 bits per heavy atom. The number of nitrogens with zero attached hydrogens (tertiary/aromatic N) is 5. The molecule has 1 N–H and O–H groups in total. The molecule has 1 aliphatic rings. The summed E-state index contributed by atoms with van der Waals surface area (Å²) >= 11 is 1.76. The van der Waals surface area contributed by atoms with E-state index in [1.807, 2.05) is 30.3 Å². The molecule has 1 saturated carbocycles. The van der Waals surface area contributed by atoms with Crippen molar-refractivity contribution in [3.05, 3.63) is 71.6 Å². The minimum atomic E-state index is 0.535. The number of anilines is 2. The van der Waals surface area contributed by atoms with Gasteiger partial charge in [0.05, 0.1) is 37.4 Å². The molecule has 6 rings (SSSR count). The van der Waals surface area contributed by atoms with Crippen molar-refractivity contribution in [2.75, 3.05) is 5.32 Å². The maximum Gasteiger partial charge on any atom is 0.141 e. The molecule has 7 heteroatoms. The maximum atomic E-state index is 9.66. The van der Waals surface area contributed by atoms with E-state index in [0.29, 0.717) is 28.2 Å². The van der Waals surface area contributed by atoms with Crippen molar-refractivity contribution in [3.8, 4) is 17.3 Å². The van der Waals surface area contributed by atoms with E-state index in [-0.39, 0.29) is 0 Å². The molecule has 0 unspecified atom stereocenters. The summed E-state index contributed by atoms with van der Waals surface area (Å²) in [5.41, 5.74) is 4.82. The number of thiazole rings is 1. The van der Waals surface area contributed by atoms with Gasteiger partial charge in [-0.2, -0.15) is 5.26 Å². The number of nitriles is 1. The second-order valence-corrected chi connectivity index (χ2v) is 8.66. The van der Waals surface area contributed by atoms with Gasteiger partial charge in [0.1, 0.15) is 11.9 Å². The second kappa shape index (κ2) is 7.11.